The summed E-state index contributed by atoms with van der Waals surface area (Å²) >= 11 is 0. The highest BCUT2D eigenvalue weighted by Crippen LogP contribution is 2.45. The Hall–Kier alpha value is -2.21. The van der Waals surface area contributed by atoms with Crippen LogP contribution in [0.1, 0.15) is 70.6 Å². The molecule has 2 saturated carbocycles. The van der Waals surface area contributed by atoms with Gasteiger partial charge in [-0.15, -0.1) is 0 Å². The average Bonchev–Trinajstić information content (AvgIpc) is 3.63. The standard InChI is InChI=1S/C27H38N4O2/c32-20-15-27(23-9-3-4-10-23,31-21-28-24-11-5-6-12-25(24)31)30-18-16-29(17-19-30)26(33)14-13-22-7-1-2-8-22/h5-6,11-12,20-23H,1-4,7-10,13-19H2. The van der Waals surface area contributed by atoms with Crippen molar-refractivity contribution in [1.29, 1.82) is 0 Å². The lowest BCUT2D eigenvalue weighted by Crippen LogP contribution is -2.61. The van der Waals surface area contributed by atoms with Gasteiger partial charge in [-0.05, 0) is 43.2 Å². The smallest absolute Gasteiger partial charge is 0.222 e. The van der Waals surface area contributed by atoms with Crippen LogP contribution in [0.2, 0.25) is 0 Å². The van der Waals surface area contributed by atoms with Crippen LogP contribution in [0.3, 0.4) is 0 Å². The molecule has 0 bridgehead atoms. The van der Waals surface area contributed by atoms with E-state index >= 15 is 0 Å². The molecule has 2 aromatic rings. The van der Waals surface area contributed by atoms with Crippen molar-refractivity contribution >= 4 is 23.2 Å². The first-order chi connectivity index (χ1) is 16.2. The van der Waals surface area contributed by atoms with Gasteiger partial charge >= 0.3 is 0 Å². The van der Waals surface area contributed by atoms with Crippen LogP contribution in [0.15, 0.2) is 30.6 Å². The third-order valence-electron chi connectivity index (χ3n) is 8.68. The van der Waals surface area contributed by atoms with E-state index in [1.54, 1.807) is 0 Å². The van der Waals surface area contributed by atoms with Crippen molar-refractivity contribution in [3.05, 3.63) is 30.6 Å². The van der Waals surface area contributed by atoms with E-state index in [1.807, 2.05) is 18.5 Å². The van der Waals surface area contributed by atoms with Crippen molar-refractivity contribution in [2.24, 2.45) is 11.8 Å². The molecule has 2 heterocycles. The third kappa shape index (κ3) is 4.34. The molecule has 1 aromatic heterocycles. The molecule has 0 N–H and O–H groups in total. The molecule has 1 unspecified atom stereocenters. The highest BCUT2D eigenvalue weighted by Gasteiger charge is 2.47. The van der Waals surface area contributed by atoms with Gasteiger partial charge in [-0.3, -0.25) is 9.69 Å². The third-order valence-corrected chi connectivity index (χ3v) is 8.68. The number of carbonyl (C=O) groups excluding carboxylic acids is 2. The maximum absolute atomic E-state index is 12.9. The van der Waals surface area contributed by atoms with E-state index in [0.29, 0.717) is 24.7 Å². The normalized spacial score (nSPS) is 22.7. The Morgan fingerprint density at radius 3 is 2.42 bits per heavy atom. The summed E-state index contributed by atoms with van der Waals surface area (Å²) in [4.78, 5) is 34.3. The first kappa shape index (κ1) is 22.6. The highest BCUT2D eigenvalue weighted by molar-refractivity contribution is 5.76. The largest absolute Gasteiger partial charge is 0.340 e. The lowest BCUT2D eigenvalue weighted by atomic mass is 9.85. The Labute approximate surface area is 197 Å². The number of amides is 1. The predicted octanol–water partition coefficient (Wildman–Crippen LogP) is 4.58. The summed E-state index contributed by atoms with van der Waals surface area (Å²) in [7, 11) is 0. The summed E-state index contributed by atoms with van der Waals surface area (Å²) in [6, 6.07) is 8.25. The molecule has 33 heavy (non-hydrogen) atoms. The number of imidazole rings is 1. The second kappa shape index (κ2) is 9.96. The van der Waals surface area contributed by atoms with E-state index in [4.69, 9.17) is 4.98 Å². The zero-order valence-corrected chi connectivity index (χ0v) is 19.8. The first-order valence-corrected chi connectivity index (χ1v) is 13.1. The molecule has 1 aromatic carbocycles. The van der Waals surface area contributed by atoms with Crippen LogP contribution in [0, 0.1) is 11.8 Å². The van der Waals surface area contributed by atoms with Gasteiger partial charge in [-0.1, -0.05) is 50.7 Å². The summed E-state index contributed by atoms with van der Waals surface area (Å²) in [5, 5.41) is 0. The molecule has 5 rings (SSSR count). The molecule has 0 spiro atoms. The van der Waals surface area contributed by atoms with E-state index in [9.17, 15) is 9.59 Å². The average molecular weight is 451 g/mol. The Bertz CT molecular complexity index is 952. The van der Waals surface area contributed by atoms with Crippen LogP contribution in [-0.4, -0.2) is 57.7 Å². The maximum atomic E-state index is 12.9. The molecular formula is C27H38N4O2. The molecule has 1 atom stereocenters. The number of aromatic nitrogens is 2. The van der Waals surface area contributed by atoms with Gasteiger partial charge in [0.25, 0.3) is 0 Å². The van der Waals surface area contributed by atoms with E-state index in [-0.39, 0.29) is 0 Å². The van der Waals surface area contributed by atoms with Gasteiger partial charge in [0.15, 0.2) is 0 Å². The molecule has 3 fully saturated rings. The maximum Gasteiger partial charge on any atom is 0.222 e. The lowest BCUT2D eigenvalue weighted by molar-refractivity contribution is -0.138. The van der Waals surface area contributed by atoms with E-state index in [0.717, 1.165) is 68.7 Å². The van der Waals surface area contributed by atoms with Gasteiger partial charge in [-0.2, -0.15) is 0 Å². The number of rotatable bonds is 8. The second-order valence-electron chi connectivity index (χ2n) is 10.4. The van der Waals surface area contributed by atoms with E-state index in [2.05, 4.69) is 26.5 Å². The molecule has 0 radical (unpaired) electrons. The van der Waals surface area contributed by atoms with Crippen molar-refractivity contribution in [3.8, 4) is 0 Å². The van der Waals surface area contributed by atoms with E-state index in [1.165, 1.54) is 38.5 Å². The predicted molar refractivity (Wildman–Crippen MR) is 130 cm³/mol. The molecule has 6 nitrogen and oxygen atoms in total. The molecular weight excluding hydrogens is 412 g/mol. The number of hydrogen-bond acceptors (Lipinski definition) is 4. The number of para-hydroxylation sites is 2. The fourth-order valence-electron chi connectivity index (χ4n) is 6.91. The number of nitrogens with zero attached hydrogens (tertiary/aromatic N) is 4. The van der Waals surface area contributed by atoms with Gasteiger partial charge in [0.05, 0.1) is 17.4 Å². The van der Waals surface area contributed by atoms with Crippen LogP contribution in [0.25, 0.3) is 11.0 Å². The summed E-state index contributed by atoms with van der Waals surface area (Å²) < 4.78 is 2.30. The SMILES string of the molecule is O=CCC(C1CCCC1)(N1CCN(C(=O)CCC2CCCC2)CC1)n1cnc2ccccc21. The zero-order valence-electron chi connectivity index (χ0n) is 19.8. The van der Waals surface area contributed by atoms with Crippen LogP contribution in [-0.2, 0) is 15.3 Å². The molecule has 3 aliphatic rings. The number of benzene rings is 1. The number of carbonyl (C=O) groups is 2. The van der Waals surface area contributed by atoms with Crippen molar-refractivity contribution < 1.29 is 9.59 Å². The number of aldehydes is 1. The van der Waals surface area contributed by atoms with Gasteiger partial charge in [0.1, 0.15) is 11.9 Å². The fraction of sp³-hybridized carbons (Fsp3) is 0.667. The minimum absolute atomic E-state index is 0.316. The van der Waals surface area contributed by atoms with Crippen LogP contribution in [0.4, 0.5) is 0 Å². The summed E-state index contributed by atoms with van der Waals surface area (Å²) in [6.07, 6.45) is 15.3. The summed E-state index contributed by atoms with van der Waals surface area (Å²) in [5.74, 6) is 1.49. The molecule has 1 aliphatic heterocycles. The second-order valence-corrected chi connectivity index (χ2v) is 10.4. The minimum Gasteiger partial charge on any atom is -0.340 e. The van der Waals surface area contributed by atoms with Gasteiger partial charge < -0.3 is 14.3 Å². The quantitative estimate of drug-likeness (QED) is 0.552. The Morgan fingerprint density at radius 2 is 1.70 bits per heavy atom. The topological polar surface area (TPSA) is 58.4 Å². The molecule has 178 valence electrons. The minimum atomic E-state index is -0.395. The van der Waals surface area contributed by atoms with Gasteiger partial charge in [0.2, 0.25) is 5.91 Å². The van der Waals surface area contributed by atoms with Crippen LogP contribution < -0.4 is 0 Å². The van der Waals surface area contributed by atoms with Crippen molar-refractivity contribution in [3.63, 3.8) is 0 Å². The Morgan fingerprint density at radius 1 is 1.00 bits per heavy atom. The highest BCUT2D eigenvalue weighted by atomic mass is 16.2. The molecule has 1 amide bonds. The zero-order chi connectivity index (χ0) is 22.7. The van der Waals surface area contributed by atoms with Gasteiger partial charge in [0, 0.05) is 39.0 Å². The Kier molecular flexibility index (Phi) is 6.81. The van der Waals surface area contributed by atoms with Gasteiger partial charge in [-0.25, -0.2) is 4.98 Å². The first-order valence-electron chi connectivity index (χ1n) is 13.1. The lowest BCUT2D eigenvalue weighted by Gasteiger charge is -2.51. The number of piperazine rings is 1. The van der Waals surface area contributed by atoms with Crippen molar-refractivity contribution in [2.45, 2.75) is 76.3 Å². The molecule has 2 aliphatic carbocycles. The number of fused-ring (bicyclic) bond motifs is 1. The number of hydrogen-bond donors (Lipinski definition) is 0. The monoisotopic (exact) mass is 450 g/mol. The molecule has 6 heteroatoms. The van der Waals surface area contributed by atoms with E-state index < -0.39 is 5.66 Å². The Balaban J connectivity index is 1.36. The van der Waals surface area contributed by atoms with Crippen LogP contribution >= 0.6 is 0 Å². The molecule has 1 saturated heterocycles. The van der Waals surface area contributed by atoms with Crippen molar-refractivity contribution in [1.82, 2.24) is 19.4 Å². The van der Waals surface area contributed by atoms with Crippen LogP contribution in [0.5, 0.6) is 0 Å². The summed E-state index contributed by atoms with van der Waals surface area (Å²) in [6.45, 7) is 3.13. The fourth-order valence-corrected chi connectivity index (χ4v) is 6.91. The summed E-state index contributed by atoms with van der Waals surface area (Å²) in [5.41, 5.74) is 1.68. The van der Waals surface area contributed by atoms with Crippen molar-refractivity contribution in [2.75, 3.05) is 26.2 Å².